The Bertz CT molecular complexity index is 449. The molecule has 0 aliphatic heterocycles. The highest BCUT2D eigenvalue weighted by atomic mass is 35.5. The Labute approximate surface area is 126 Å². The number of rotatable bonds is 7. The van der Waals surface area contributed by atoms with Crippen molar-refractivity contribution in [2.45, 2.75) is 64.1 Å². The lowest BCUT2D eigenvalue weighted by Gasteiger charge is -2.46. The Morgan fingerprint density at radius 2 is 2.15 bits per heavy atom. The van der Waals surface area contributed by atoms with Crippen molar-refractivity contribution in [3.63, 3.8) is 0 Å². The monoisotopic (exact) mass is 299 g/mol. The van der Waals surface area contributed by atoms with Crippen LogP contribution in [-0.2, 0) is 24.1 Å². The van der Waals surface area contributed by atoms with Gasteiger partial charge in [-0.05, 0) is 39.7 Å². The first-order valence-electron chi connectivity index (χ1n) is 7.58. The smallest absolute Gasteiger partial charge is 0.0850 e. The molecule has 1 fully saturated rings. The van der Waals surface area contributed by atoms with Gasteiger partial charge < -0.3 is 10.1 Å². The second kappa shape index (κ2) is 6.46. The van der Waals surface area contributed by atoms with Gasteiger partial charge in [0.15, 0.2) is 0 Å². The van der Waals surface area contributed by atoms with Crippen molar-refractivity contribution in [1.82, 2.24) is 15.1 Å². The summed E-state index contributed by atoms with van der Waals surface area (Å²) in [5.41, 5.74) is 2.10. The van der Waals surface area contributed by atoms with Crippen LogP contribution in [0.15, 0.2) is 0 Å². The fourth-order valence-electron chi connectivity index (χ4n) is 3.18. The van der Waals surface area contributed by atoms with Crippen molar-refractivity contribution in [2.24, 2.45) is 0 Å². The second-order valence-electron chi connectivity index (χ2n) is 5.54. The van der Waals surface area contributed by atoms with Gasteiger partial charge in [0.1, 0.15) is 0 Å². The van der Waals surface area contributed by atoms with Crippen molar-refractivity contribution >= 4 is 11.6 Å². The average molecular weight is 300 g/mol. The first-order valence-corrected chi connectivity index (χ1v) is 7.96. The molecule has 1 aliphatic carbocycles. The molecule has 0 bridgehead atoms. The lowest BCUT2D eigenvalue weighted by atomic mass is 9.73. The molecule has 0 saturated heterocycles. The molecule has 1 aromatic heterocycles. The first kappa shape index (κ1) is 15.8. The Hall–Kier alpha value is -0.580. The zero-order valence-corrected chi connectivity index (χ0v) is 13.8. The van der Waals surface area contributed by atoms with Gasteiger partial charge in [0.2, 0.25) is 0 Å². The zero-order valence-electron chi connectivity index (χ0n) is 13.0. The standard InChI is InChI=1S/C15H26ClN3O/c1-5-11-14(16)12(19(6-2)18-11)10-13(17-3)15(20-4)8-7-9-15/h13,17H,5-10H2,1-4H3. The van der Waals surface area contributed by atoms with Crippen molar-refractivity contribution in [3.05, 3.63) is 16.4 Å². The molecule has 1 atom stereocenters. The summed E-state index contributed by atoms with van der Waals surface area (Å²) in [6.07, 6.45) is 5.22. The van der Waals surface area contributed by atoms with E-state index in [9.17, 15) is 0 Å². The van der Waals surface area contributed by atoms with Crippen molar-refractivity contribution in [3.8, 4) is 0 Å². The van der Waals surface area contributed by atoms with Gasteiger partial charge in [-0.3, -0.25) is 4.68 Å². The van der Waals surface area contributed by atoms with Gasteiger partial charge in [0, 0.05) is 26.1 Å². The molecule has 1 N–H and O–H groups in total. The molecule has 20 heavy (non-hydrogen) atoms. The minimum Gasteiger partial charge on any atom is -0.377 e. The number of hydrogen-bond donors (Lipinski definition) is 1. The first-order chi connectivity index (χ1) is 9.61. The minimum absolute atomic E-state index is 0.0344. The highest BCUT2D eigenvalue weighted by Gasteiger charge is 2.44. The third kappa shape index (κ3) is 2.61. The van der Waals surface area contributed by atoms with E-state index in [0.717, 1.165) is 48.6 Å². The molecular formula is C15H26ClN3O. The van der Waals surface area contributed by atoms with Crippen LogP contribution in [0.5, 0.6) is 0 Å². The van der Waals surface area contributed by atoms with Crippen LogP contribution in [-0.4, -0.2) is 35.6 Å². The van der Waals surface area contributed by atoms with Crippen molar-refractivity contribution < 1.29 is 4.74 Å². The number of hydrogen-bond acceptors (Lipinski definition) is 3. The third-order valence-corrected chi connectivity index (χ3v) is 5.12. The molecular weight excluding hydrogens is 274 g/mol. The molecule has 0 amide bonds. The number of aryl methyl sites for hydroxylation is 2. The Kier molecular flexibility index (Phi) is 5.10. The van der Waals surface area contributed by atoms with E-state index in [1.807, 2.05) is 18.8 Å². The Balaban J connectivity index is 2.25. The van der Waals surface area contributed by atoms with Crippen LogP contribution in [0.1, 0.15) is 44.5 Å². The van der Waals surface area contributed by atoms with Gasteiger partial charge >= 0.3 is 0 Å². The highest BCUT2D eigenvalue weighted by Crippen LogP contribution is 2.39. The van der Waals surface area contributed by atoms with E-state index in [-0.39, 0.29) is 11.6 Å². The van der Waals surface area contributed by atoms with Gasteiger partial charge in [-0.2, -0.15) is 5.10 Å². The van der Waals surface area contributed by atoms with Crippen LogP contribution >= 0.6 is 11.6 Å². The Morgan fingerprint density at radius 3 is 2.55 bits per heavy atom. The van der Waals surface area contributed by atoms with Crippen LogP contribution < -0.4 is 5.32 Å². The van der Waals surface area contributed by atoms with Crippen LogP contribution in [0.4, 0.5) is 0 Å². The van der Waals surface area contributed by atoms with E-state index in [0.29, 0.717) is 0 Å². The summed E-state index contributed by atoms with van der Waals surface area (Å²) in [6, 6.07) is 0.283. The maximum atomic E-state index is 6.51. The van der Waals surface area contributed by atoms with E-state index in [1.54, 1.807) is 0 Å². The number of likely N-dealkylation sites (N-methyl/N-ethyl adjacent to an activating group) is 1. The zero-order chi connectivity index (χ0) is 14.8. The predicted molar refractivity (Wildman–Crippen MR) is 82.4 cm³/mol. The van der Waals surface area contributed by atoms with E-state index in [2.05, 4.69) is 24.3 Å². The molecule has 114 valence electrons. The van der Waals surface area contributed by atoms with Crippen molar-refractivity contribution in [1.29, 1.82) is 0 Å². The van der Waals surface area contributed by atoms with E-state index < -0.39 is 0 Å². The highest BCUT2D eigenvalue weighted by molar-refractivity contribution is 6.31. The molecule has 5 heteroatoms. The molecule has 4 nitrogen and oxygen atoms in total. The maximum Gasteiger partial charge on any atom is 0.0850 e. The molecule has 2 rings (SSSR count). The number of ether oxygens (including phenoxy) is 1. The molecule has 1 unspecified atom stereocenters. The number of aromatic nitrogens is 2. The second-order valence-corrected chi connectivity index (χ2v) is 5.92. The fraction of sp³-hybridized carbons (Fsp3) is 0.800. The molecule has 1 aromatic rings. The normalized spacial score (nSPS) is 18.9. The Morgan fingerprint density at radius 1 is 1.45 bits per heavy atom. The van der Waals surface area contributed by atoms with E-state index >= 15 is 0 Å². The number of nitrogens with one attached hydrogen (secondary N) is 1. The molecule has 0 spiro atoms. The molecule has 1 saturated carbocycles. The summed E-state index contributed by atoms with van der Waals surface area (Å²) in [5.74, 6) is 0. The van der Waals surface area contributed by atoms with E-state index in [4.69, 9.17) is 16.3 Å². The lowest BCUT2D eigenvalue weighted by Crippen LogP contribution is -2.56. The number of nitrogens with zero attached hydrogens (tertiary/aromatic N) is 2. The summed E-state index contributed by atoms with van der Waals surface area (Å²) >= 11 is 6.51. The average Bonchev–Trinajstić information content (AvgIpc) is 2.73. The lowest BCUT2D eigenvalue weighted by molar-refractivity contribution is -0.0969. The molecule has 0 radical (unpaired) electrons. The fourth-order valence-corrected chi connectivity index (χ4v) is 3.52. The largest absolute Gasteiger partial charge is 0.377 e. The SMILES string of the molecule is CCc1nn(CC)c(CC(NC)C2(OC)CCC2)c1Cl. The van der Waals surface area contributed by atoms with E-state index in [1.165, 1.54) is 6.42 Å². The summed E-state index contributed by atoms with van der Waals surface area (Å²) in [6.45, 7) is 5.05. The topological polar surface area (TPSA) is 39.1 Å². The van der Waals surface area contributed by atoms with Crippen LogP contribution in [0.2, 0.25) is 5.02 Å². The number of methoxy groups -OCH3 is 1. The van der Waals surface area contributed by atoms with Gasteiger partial charge in [-0.1, -0.05) is 18.5 Å². The molecule has 1 heterocycles. The predicted octanol–water partition coefficient (Wildman–Crippen LogP) is 2.82. The molecule has 0 aromatic carbocycles. The van der Waals surface area contributed by atoms with Crippen LogP contribution in [0, 0.1) is 0 Å². The maximum absolute atomic E-state index is 6.51. The van der Waals surface area contributed by atoms with Gasteiger partial charge in [0.05, 0.1) is 22.0 Å². The molecule has 1 aliphatic rings. The number of halogens is 1. The third-order valence-electron chi connectivity index (χ3n) is 4.68. The summed E-state index contributed by atoms with van der Waals surface area (Å²) in [4.78, 5) is 0. The quantitative estimate of drug-likeness (QED) is 0.841. The van der Waals surface area contributed by atoms with Crippen LogP contribution in [0.3, 0.4) is 0 Å². The van der Waals surface area contributed by atoms with Gasteiger partial charge in [-0.15, -0.1) is 0 Å². The summed E-state index contributed by atoms with van der Waals surface area (Å²) < 4.78 is 7.85. The minimum atomic E-state index is -0.0344. The van der Waals surface area contributed by atoms with Gasteiger partial charge in [0.25, 0.3) is 0 Å². The van der Waals surface area contributed by atoms with Crippen molar-refractivity contribution in [2.75, 3.05) is 14.2 Å². The van der Waals surface area contributed by atoms with Gasteiger partial charge in [-0.25, -0.2) is 0 Å². The van der Waals surface area contributed by atoms with Crippen LogP contribution in [0.25, 0.3) is 0 Å². The summed E-state index contributed by atoms with van der Waals surface area (Å²) in [5, 5.41) is 8.86. The summed E-state index contributed by atoms with van der Waals surface area (Å²) in [7, 11) is 3.82.